The summed E-state index contributed by atoms with van der Waals surface area (Å²) in [5.74, 6) is -3.94. The Morgan fingerprint density at radius 3 is 1.71 bits per heavy atom. The monoisotopic (exact) mass is 721 g/mol. The van der Waals surface area contributed by atoms with Crippen LogP contribution in [0.3, 0.4) is 0 Å². The van der Waals surface area contributed by atoms with E-state index in [1.54, 1.807) is 19.2 Å². The number of carboxylic acids is 2. The third kappa shape index (κ3) is 12.7. The molecule has 1 heterocycles. The molecule has 0 saturated carbocycles. The van der Waals surface area contributed by atoms with Crippen LogP contribution < -0.4 is 10.1 Å². The molecule has 0 radical (unpaired) electrons. The fourth-order valence-corrected chi connectivity index (χ4v) is 5.84. The molecule has 4 rings (SSSR count). The molecule has 3 N–H and O–H groups in total. The molecule has 0 aliphatic carbocycles. The van der Waals surface area contributed by atoms with Gasteiger partial charge in [0.1, 0.15) is 5.75 Å². The summed E-state index contributed by atoms with van der Waals surface area (Å²) in [6.45, 7) is 9.07. The maximum Gasteiger partial charge on any atom is 0.349 e. The van der Waals surface area contributed by atoms with Gasteiger partial charge in [-0.1, -0.05) is 55.5 Å². The Morgan fingerprint density at radius 2 is 1.31 bits per heavy atom. The lowest BCUT2D eigenvalue weighted by Gasteiger charge is -2.37. The predicted octanol–water partition coefficient (Wildman–Crippen LogP) is 4.77. The highest BCUT2D eigenvalue weighted by Gasteiger charge is 2.41. The first-order valence-corrected chi connectivity index (χ1v) is 17.2. The molecule has 1 aliphatic heterocycles. The summed E-state index contributed by atoms with van der Waals surface area (Å²) in [5.41, 5.74) is 1.43. The quantitative estimate of drug-likeness (QED) is 0.155. The first-order valence-electron chi connectivity index (χ1n) is 16.8. The smallest absolute Gasteiger partial charge is 0.349 e. The maximum atomic E-state index is 12.0. The molecule has 1 saturated heterocycles. The number of carboxylic acid groups (broad SMARTS) is 2. The Balaban J connectivity index is 0.000000276. The van der Waals surface area contributed by atoms with Crippen molar-refractivity contribution in [3.63, 3.8) is 0 Å². The van der Waals surface area contributed by atoms with Crippen molar-refractivity contribution in [2.45, 2.75) is 51.4 Å². The van der Waals surface area contributed by atoms with Crippen molar-refractivity contribution in [3.05, 3.63) is 102 Å². The largest absolute Gasteiger partial charge is 0.497 e. The normalized spacial score (nSPS) is 14.6. The van der Waals surface area contributed by atoms with Gasteiger partial charge in [-0.2, -0.15) is 0 Å². The van der Waals surface area contributed by atoms with Gasteiger partial charge in [-0.05, 0) is 92.8 Å². The number of ether oxygens (including phenoxy) is 3. The molecule has 3 aromatic rings. The number of piperidine rings is 1. The molecular formula is C38H47N3O9S. The lowest BCUT2D eigenvalue weighted by atomic mass is 9.95. The number of methoxy groups -OCH3 is 1. The van der Waals surface area contributed by atoms with Crippen LogP contribution in [-0.2, 0) is 25.5 Å². The third-order valence-corrected chi connectivity index (χ3v) is 9.04. The van der Waals surface area contributed by atoms with Gasteiger partial charge in [0.05, 0.1) is 18.2 Å². The van der Waals surface area contributed by atoms with E-state index in [1.165, 1.54) is 73.5 Å². The van der Waals surface area contributed by atoms with Crippen molar-refractivity contribution in [1.29, 1.82) is 0 Å². The number of esters is 2. The Bertz CT molecular complexity index is 1500. The SMILES string of the molecule is CCN(CC1CCN(C(=S)NC)CC1)C(C)Cc1ccc(OC)cc1.O=C(O[C@@H](C(=O)O)[C@@H](OC(=O)c1ccccc1)C(=O)O)c1ccccc1. The fraction of sp³-hybridized carbons (Fsp3) is 0.395. The Labute approximate surface area is 304 Å². The molecule has 3 atom stereocenters. The number of nitrogens with zero attached hydrogens (tertiary/aromatic N) is 2. The van der Waals surface area contributed by atoms with Gasteiger partial charge in [0.25, 0.3) is 0 Å². The van der Waals surface area contributed by atoms with E-state index in [2.05, 4.69) is 53.2 Å². The Morgan fingerprint density at radius 1 is 0.843 bits per heavy atom. The van der Waals surface area contributed by atoms with Gasteiger partial charge < -0.3 is 39.5 Å². The van der Waals surface area contributed by atoms with Gasteiger partial charge >= 0.3 is 23.9 Å². The second-order valence-electron chi connectivity index (χ2n) is 12.0. The molecule has 1 fully saturated rings. The zero-order chi connectivity index (χ0) is 37.3. The van der Waals surface area contributed by atoms with Gasteiger partial charge in [-0.15, -0.1) is 0 Å². The summed E-state index contributed by atoms with van der Waals surface area (Å²) >= 11 is 5.35. The summed E-state index contributed by atoms with van der Waals surface area (Å²) < 4.78 is 14.8. The van der Waals surface area contributed by atoms with E-state index in [0.29, 0.717) is 6.04 Å². The molecule has 3 aromatic carbocycles. The minimum atomic E-state index is -2.21. The zero-order valence-electron chi connectivity index (χ0n) is 29.4. The minimum absolute atomic E-state index is 0.0253. The van der Waals surface area contributed by atoms with Crippen LogP contribution in [0.1, 0.15) is 53.0 Å². The van der Waals surface area contributed by atoms with E-state index in [4.69, 9.17) is 26.4 Å². The molecular weight excluding hydrogens is 674 g/mol. The van der Waals surface area contributed by atoms with E-state index in [1.807, 2.05) is 7.05 Å². The number of hydrogen-bond donors (Lipinski definition) is 3. The number of hydrogen-bond acceptors (Lipinski definition) is 9. The van der Waals surface area contributed by atoms with Crippen molar-refractivity contribution in [1.82, 2.24) is 15.1 Å². The molecule has 51 heavy (non-hydrogen) atoms. The van der Waals surface area contributed by atoms with Crippen molar-refractivity contribution >= 4 is 41.2 Å². The first-order chi connectivity index (χ1) is 24.5. The summed E-state index contributed by atoms with van der Waals surface area (Å²) in [6, 6.07) is 23.9. The molecule has 1 aliphatic rings. The molecule has 1 unspecified atom stereocenters. The third-order valence-electron chi connectivity index (χ3n) is 8.58. The predicted molar refractivity (Wildman–Crippen MR) is 196 cm³/mol. The number of likely N-dealkylation sites (N-methyl/N-ethyl adjacent to an activating group) is 1. The number of carbonyl (C=O) groups is 4. The minimum Gasteiger partial charge on any atom is -0.497 e. The second kappa shape index (κ2) is 20.6. The average molecular weight is 722 g/mol. The van der Waals surface area contributed by atoms with Crippen LogP contribution in [0, 0.1) is 5.92 Å². The van der Waals surface area contributed by atoms with Crippen LogP contribution in [-0.4, -0.2) is 108 Å². The number of likely N-dealkylation sites (tertiary alicyclic amines) is 1. The van der Waals surface area contributed by atoms with Crippen LogP contribution in [0.4, 0.5) is 0 Å². The maximum absolute atomic E-state index is 12.0. The van der Waals surface area contributed by atoms with Crippen molar-refractivity contribution in [3.8, 4) is 5.75 Å². The number of carbonyl (C=O) groups excluding carboxylic acids is 2. The highest BCUT2D eigenvalue weighted by molar-refractivity contribution is 7.80. The van der Waals surface area contributed by atoms with Gasteiger partial charge in [0.15, 0.2) is 5.11 Å². The zero-order valence-corrected chi connectivity index (χ0v) is 30.2. The standard InChI is InChI=1S/C20H33N3OS.C18H14O8/c1-5-22(15-18-10-12-23(13-11-18)20(25)21-3)16(2)14-17-6-8-19(24-4)9-7-17;19-15(20)13(25-17(23)11-7-3-1-4-8-11)14(16(21)22)26-18(24)12-9-5-2-6-10-12/h6-9,16,18H,5,10-15H2,1-4H3,(H,21,25);1-10,13-14H,(H,19,20)(H,21,22)/t;13-,14-/m.1/s1. The lowest BCUT2D eigenvalue weighted by molar-refractivity contribution is -0.166. The van der Waals surface area contributed by atoms with Crippen LogP contribution in [0.2, 0.25) is 0 Å². The Kier molecular flexibility index (Phi) is 16.3. The number of aliphatic carboxylic acids is 2. The van der Waals surface area contributed by atoms with Crippen molar-refractivity contribution < 1.29 is 43.6 Å². The summed E-state index contributed by atoms with van der Waals surface area (Å²) in [5, 5.41) is 22.5. The molecule has 0 bridgehead atoms. The van der Waals surface area contributed by atoms with Crippen LogP contribution in [0.25, 0.3) is 0 Å². The number of benzene rings is 3. The van der Waals surface area contributed by atoms with E-state index in [0.717, 1.165) is 42.8 Å². The summed E-state index contributed by atoms with van der Waals surface area (Å²) in [7, 11) is 3.62. The number of rotatable bonds is 14. The fourth-order valence-electron chi connectivity index (χ4n) is 5.66. The van der Waals surface area contributed by atoms with Crippen molar-refractivity contribution in [2.75, 3.05) is 40.3 Å². The molecule has 0 spiro atoms. The van der Waals surface area contributed by atoms with Crippen LogP contribution in [0.15, 0.2) is 84.9 Å². The lowest BCUT2D eigenvalue weighted by Crippen LogP contribution is -2.46. The molecule has 12 nitrogen and oxygen atoms in total. The summed E-state index contributed by atoms with van der Waals surface area (Å²) in [6.07, 6.45) is -0.887. The van der Waals surface area contributed by atoms with Gasteiger partial charge in [0, 0.05) is 32.7 Å². The van der Waals surface area contributed by atoms with E-state index in [9.17, 15) is 29.4 Å². The molecule has 0 amide bonds. The molecule has 0 aromatic heterocycles. The highest BCUT2D eigenvalue weighted by Crippen LogP contribution is 2.21. The number of thiocarbonyl (C=S) groups is 1. The van der Waals surface area contributed by atoms with E-state index >= 15 is 0 Å². The average Bonchev–Trinajstić information content (AvgIpc) is 3.15. The highest BCUT2D eigenvalue weighted by atomic mass is 32.1. The van der Waals surface area contributed by atoms with Gasteiger partial charge in [0.2, 0.25) is 12.2 Å². The second-order valence-corrected chi connectivity index (χ2v) is 12.4. The summed E-state index contributed by atoms with van der Waals surface area (Å²) in [4.78, 5) is 51.8. The van der Waals surface area contributed by atoms with Crippen molar-refractivity contribution in [2.24, 2.45) is 5.92 Å². The van der Waals surface area contributed by atoms with E-state index < -0.39 is 36.1 Å². The molecule has 13 heteroatoms. The number of nitrogens with one attached hydrogen (secondary N) is 1. The molecule has 274 valence electrons. The first kappa shape index (κ1) is 40.4. The van der Waals surface area contributed by atoms with Crippen LogP contribution >= 0.6 is 12.2 Å². The topological polar surface area (TPSA) is 155 Å². The Hall–Kier alpha value is -5.01. The van der Waals surface area contributed by atoms with Gasteiger partial charge in [-0.25, -0.2) is 19.2 Å². The van der Waals surface area contributed by atoms with Gasteiger partial charge in [-0.3, -0.25) is 0 Å². The van der Waals surface area contributed by atoms with Crippen LogP contribution in [0.5, 0.6) is 5.75 Å². The van der Waals surface area contributed by atoms with E-state index in [-0.39, 0.29) is 11.1 Å².